The number of aromatic nitrogens is 1. The zero-order chi connectivity index (χ0) is 18.8. The van der Waals surface area contributed by atoms with Gasteiger partial charge in [-0.15, -0.1) is 0 Å². The zero-order valence-corrected chi connectivity index (χ0v) is 14.1. The molecule has 6 nitrogen and oxygen atoms in total. The quantitative estimate of drug-likeness (QED) is 0.485. The number of anilines is 3. The maximum absolute atomic E-state index is 13.2. The molecule has 0 saturated carbocycles. The smallest absolute Gasteiger partial charge is 0.323 e. The zero-order valence-electron chi connectivity index (χ0n) is 14.1. The van der Waals surface area contributed by atoms with Crippen molar-refractivity contribution in [3.05, 3.63) is 72.5 Å². The van der Waals surface area contributed by atoms with E-state index in [1.165, 1.54) is 18.2 Å². The van der Waals surface area contributed by atoms with Gasteiger partial charge in [0.05, 0.1) is 5.39 Å². The number of nitrogens with one attached hydrogen (secondary N) is 2. The van der Waals surface area contributed by atoms with Crippen molar-refractivity contribution in [3.8, 4) is 11.1 Å². The number of nitrogens with two attached hydrogens (primary N) is 1. The summed E-state index contributed by atoms with van der Waals surface area (Å²) in [5.74, 6) is -0.156. The van der Waals surface area contributed by atoms with E-state index < -0.39 is 11.8 Å². The van der Waals surface area contributed by atoms with Crippen molar-refractivity contribution >= 4 is 34.2 Å². The maximum Gasteiger partial charge on any atom is 0.323 e. The van der Waals surface area contributed by atoms with Gasteiger partial charge in [0.15, 0.2) is 0 Å². The molecule has 0 saturated heterocycles. The number of hydrogen-bond acceptors (Lipinski definition) is 4. The summed E-state index contributed by atoms with van der Waals surface area (Å²) in [6.07, 6.45) is 0. The first kappa shape index (κ1) is 16.6. The van der Waals surface area contributed by atoms with E-state index >= 15 is 0 Å². The predicted molar refractivity (Wildman–Crippen MR) is 103 cm³/mol. The lowest BCUT2D eigenvalue weighted by Gasteiger charge is -2.09. The lowest BCUT2D eigenvalue weighted by atomic mass is 10.0. The average Bonchev–Trinajstić information content (AvgIpc) is 3.04. The van der Waals surface area contributed by atoms with Gasteiger partial charge in [-0.25, -0.2) is 9.18 Å². The van der Waals surface area contributed by atoms with Crippen LogP contribution in [0, 0.1) is 5.82 Å². The lowest BCUT2D eigenvalue weighted by Crippen LogP contribution is -2.19. The van der Waals surface area contributed by atoms with Crippen molar-refractivity contribution in [1.29, 1.82) is 0 Å². The molecule has 0 aliphatic heterocycles. The molecule has 134 valence electrons. The van der Waals surface area contributed by atoms with Gasteiger partial charge in [0.2, 0.25) is 5.88 Å². The number of carbonyl (C=O) groups is 1. The second-order valence-electron chi connectivity index (χ2n) is 5.91. The molecule has 2 amide bonds. The van der Waals surface area contributed by atoms with Gasteiger partial charge in [-0.2, -0.15) is 0 Å². The van der Waals surface area contributed by atoms with E-state index in [2.05, 4.69) is 15.8 Å². The molecule has 3 aromatic carbocycles. The predicted octanol–water partition coefficient (Wildman–Crippen LogP) is 4.86. The van der Waals surface area contributed by atoms with Gasteiger partial charge < -0.3 is 20.9 Å². The Bertz CT molecular complexity index is 1120. The number of nitrogens with zero attached hydrogens (tertiary/aromatic N) is 1. The second-order valence-corrected chi connectivity index (χ2v) is 5.91. The highest BCUT2D eigenvalue weighted by Crippen LogP contribution is 2.32. The topological polar surface area (TPSA) is 93.2 Å². The fourth-order valence-corrected chi connectivity index (χ4v) is 2.85. The number of nitrogen functional groups attached to an aromatic ring is 1. The van der Waals surface area contributed by atoms with Crippen LogP contribution in [0.15, 0.2) is 71.3 Å². The third-order valence-electron chi connectivity index (χ3n) is 4.07. The van der Waals surface area contributed by atoms with Crippen LogP contribution in [0.1, 0.15) is 0 Å². The Kier molecular flexibility index (Phi) is 4.18. The van der Waals surface area contributed by atoms with Crippen molar-refractivity contribution < 1.29 is 13.7 Å². The molecule has 1 heterocycles. The fourth-order valence-electron chi connectivity index (χ4n) is 2.85. The Labute approximate surface area is 153 Å². The van der Waals surface area contributed by atoms with Crippen LogP contribution in [0.4, 0.5) is 26.4 Å². The molecular weight excluding hydrogens is 347 g/mol. The molecule has 0 aliphatic carbocycles. The van der Waals surface area contributed by atoms with Crippen LogP contribution in [0.3, 0.4) is 0 Å². The summed E-state index contributed by atoms with van der Waals surface area (Å²) >= 11 is 0. The molecule has 1 aromatic heterocycles. The minimum atomic E-state index is -0.460. The highest BCUT2D eigenvalue weighted by Gasteiger charge is 2.11. The number of urea groups is 1. The maximum atomic E-state index is 13.2. The van der Waals surface area contributed by atoms with Gasteiger partial charge in [-0.1, -0.05) is 35.5 Å². The third kappa shape index (κ3) is 3.43. The van der Waals surface area contributed by atoms with Gasteiger partial charge in [-0.05, 0) is 47.5 Å². The minimum absolute atomic E-state index is 0.261. The molecule has 0 bridgehead atoms. The Morgan fingerprint density at radius 2 is 1.70 bits per heavy atom. The molecule has 4 rings (SSSR count). The van der Waals surface area contributed by atoms with E-state index in [0.717, 1.165) is 16.5 Å². The van der Waals surface area contributed by atoms with Crippen LogP contribution in [0.5, 0.6) is 0 Å². The first-order chi connectivity index (χ1) is 13.1. The van der Waals surface area contributed by atoms with Gasteiger partial charge in [0, 0.05) is 11.4 Å². The Morgan fingerprint density at radius 1 is 0.963 bits per heavy atom. The lowest BCUT2D eigenvalue weighted by molar-refractivity contribution is 0.262. The molecule has 0 aliphatic rings. The number of rotatable bonds is 3. The molecule has 0 radical (unpaired) electrons. The summed E-state index contributed by atoms with van der Waals surface area (Å²) in [5.41, 5.74) is 9.32. The molecule has 4 N–H and O–H groups in total. The van der Waals surface area contributed by atoms with Crippen LogP contribution >= 0.6 is 0 Å². The van der Waals surface area contributed by atoms with Gasteiger partial charge in [-0.3, -0.25) is 0 Å². The number of hydrogen-bond donors (Lipinski definition) is 3. The number of fused-ring (bicyclic) bond motifs is 1. The number of halogens is 1. The average molecular weight is 362 g/mol. The number of amides is 2. The monoisotopic (exact) mass is 362 g/mol. The minimum Gasteiger partial charge on any atom is -0.367 e. The van der Waals surface area contributed by atoms with Crippen LogP contribution in [0.2, 0.25) is 0 Å². The first-order valence-electron chi connectivity index (χ1n) is 8.18. The molecule has 4 aromatic rings. The standard InChI is InChI=1S/C20H15FN4O2/c21-13-3-1-4-15(11-13)24-20(26)23-14-9-7-12(8-10-14)16-5-2-6-17-18(16)19(22)27-25-17/h1-11H,22H2,(H2,23,24,26). The van der Waals surface area contributed by atoms with Crippen LogP contribution in [-0.4, -0.2) is 11.2 Å². The van der Waals surface area contributed by atoms with E-state index in [4.69, 9.17) is 10.3 Å². The number of benzene rings is 3. The SMILES string of the molecule is Nc1onc2cccc(-c3ccc(NC(=O)Nc4cccc(F)c4)cc3)c12. The van der Waals surface area contributed by atoms with E-state index in [0.29, 0.717) is 16.9 Å². The summed E-state index contributed by atoms with van der Waals surface area (Å²) in [4.78, 5) is 12.1. The van der Waals surface area contributed by atoms with Crippen LogP contribution < -0.4 is 16.4 Å². The Hall–Kier alpha value is -3.87. The Morgan fingerprint density at radius 3 is 2.48 bits per heavy atom. The largest absolute Gasteiger partial charge is 0.367 e. The van der Waals surface area contributed by atoms with E-state index in [-0.39, 0.29) is 5.88 Å². The third-order valence-corrected chi connectivity index (χ3v) is 4.07. The molecule has 27 heavy (non-hydrogen) atoms. The Balaban J connectivity index is 1.52. The van der Waals surface area contributed by atoms with Crippen LogP contribution in [-0.2, 0) is 0 Å². The molecule has 0 unspecified atom stereocenters. The van der Waals surface area contributed by atoms with E-state index in [1.54, 1.807) is 18.2 Å². The summed E-state index contributed by atoms with van der Waals surface area (Å²) < 4.78 is 18.2. The molecule has 0 atom stereocenters. The van der Waals surface area contributed by atoms with Crippen molar-refractivity contribution in [2.75, 3.05) is 16.4 Å². The summed E-state index contributed by atoms with van der Waals surface area (Å²) in [5, 5.41) is 9.95. The molecule has 7 heteroatoms. The van der Waals surface area contributed by atoms with E-state index in [1.807, 2.05) is 30.3 Å². The molecular formula is C20H15FN4O2. The first-order valence-corrected chi connectivity index (χ1v) is 8.18. The highest BCUT2D eigenvalue weighted by atomic mass is 19.1. The van der Waals surface area contributed by atoms with Gasteiger partial charge in [0.1, 0.15) is 11.3 Å². The van der Waals surface area contributed by atoms with Crippen molar-refractivity contribution in [1.82, 2.24) is 5.16 Å². The summed E-state index contributed by atoms with van der Waals surface area (Å²) in [7, 11) is 0. The van der Waals surface area contributed by atoms with Crippen molar-refractivity contribution in [2.24, 2.45) is 0 Å². The van der Waals surface area contributed by atoms with Gasteiger partial charge in [0.25, 0.3) is 0 Å². The highest BCUT2D eigenvalue weighted by molar-refractivity contribution is 6.02. The van der Waals surface area contributed by atoms with E-state index in [9.17, 15) is 9.18 Å². The normalized spacial score (nSPS) is 10.7. The number of carbonyl (C=O) groups excluding carboxylic acids is 1. The van der Waals surface area contributed by atoms with Crippen molar-refractivity contribution in [3.63, 3.8) is 0 Å². The van der Waals surface area contributed by atoms with Gasteiger partial charge >= 0.3 is 6.03 Å². The molecule has 0 spiro atoms. The fraction of sp³-hybridized carbons (Fsp3) is 0. The molecule has 0 fully saturated rings. The van der Waals surface area contributed by atoms with Crippen molar-refractivity contribution in [2.45, 2.75) is 0 Å². The summed E-state index contributed by atoms with van der Waals surface area (Å²) in [6.45, 7) is 0. The second kappa shape index (κ2) is 6.80. The summed E-state index contributed by atoms with van der Waals surface area (Å²) in [6, 6.07) is 18.1. The van der Waals surface area contributed by atoms with Crippen LogP contribution in [0.25, 0.3) is 22.0 Å².